The number of hydrogen-bond acceptors (Lipinski definition) is 6. The number of carbonyl (C=O) groups is 1. The molecule has 0 N–H and O–H groups in total. The summed E-state index contributed by atoms with van der Waals surface area (Å²) in [6.45, 7) is 2.37. The number of esters is 1. The van der Waals surface area contributed by atoms with Crippen molar-refractivity contribution in [2.24, 2.45) is 0 Å². The maximum Gasteiger partial charge on any atom is 0.325 e. The Bertz CT molecular complexity index is 360. The highest BCUT2D eigenvalue weighted by atomic mass is 32.2. The van der Waals surface area contributed by atoms with Gasteiger partial charge in [-0.2, -0.15) is 0 Å². The van der Waals surface area contributed by atoms with Crippen LogP contribution in [0.1, 0.15) is 6.92 Å². The molecule has 1 rings (SSSR count). The van der Waals surface area contributed by atoms with Gasteiger partial charge in [-0.1, -0.05) is 0 Å². The lowest BCUT2D eigenvalue weighted by Gasteiger charge is -2.16. The third kappa shape index (κ3) is 3.69. The molecule has 0 aromatic carbocycles. The molecule has 0 fully saturated rings. The monoisotopic (exact) mass is 241 g/mol. The Morgan fingerprint density at radius 1 is 1.56 bits per heavy atom. The summed E-state index contributed by atoms with van der Waals surface area (Å²) in [6, 6.07) is 1.84. The van der Waals surface area contributed by atoms with Crippen LogP contribution in [-0.2, 0) is 9.53 Å². The Hall–Kier alpha value is -1.30. The summed E-state index contributed by atoms with van der Waals surface area (Å²) in [6.07, 6.45) is 3.43. The van der Waals surface area contributed by atoms with Gasteiger partial charge in [0.1, 0.15) is 23.7 Å². The molecule has 0 saturated carbocycles. The molecule has 0 aliphatic rings. The first-order valence-electron chi connectivity index (χ1n) is 4.90. The number of nitrogens with zero attached hydrogens (tertiary/aromatic N) is 3. The van der Waals surface area contributed by atoms with Crippen LogP contribution in [0.2, 0.25) is 0 Å². The van der Waals surface area contributed by atoms with Crippen LogP contribution in [-0.4, -0.2) is 42.4 Å². The summed E-state index contributed by atoms with van der Waals surface area (Å²) < 4.78 is 4.86. The van der Waals surface area contributed by atoms with E-state index in [1.165, 1.54) is 18.1 Å². The number of likely N-dealkylation sites (N-methyl/N-ethyl adjacent to an activating group) is 1. The maximum atomic E-state index is 11.3. The van der Waals surface area contributed by atoms with Crippen LogP contribution < -0.4 is 4.90 Å². The van der Waals surface area contributed by atoms with Gasteiger partial charge >= 0.3 is 5.97 Å². The van der Waals surface area contributed by atoms with E-state index in [0.29, 0.717) is 12.4 Å². The first kappa shape index (κ1) is 12.8. The van der Waals surface area contributed by atoms with Crippen molar-refractivity contribution >= 4 is 23.5 Å². The highest BCUT2D eigenvalue weighted by Gasteiger charge is 2.09. The molecular weight excluding hydrogens is 226 g/mol. The Morgan fingerprint density at radius 3 is 2.94 bits per heavy atom. The first-order valence-corrected chi connectivity index (χ1v) is 6.12. The quantitative estimate of drug-likeness (QED) is 0.438. The molecule has 0 amide bonds. The summed E-state index contributed by atoms with van der Waals surface area (Å²) in [7, 11) is 1.80. The average Bonchev–Trinajstić information content (AvgIpc) is 2.29. The normalized spacial score (nSPS) is 9.94. The third-order valence-electron chi connectivity index (χ3n) is 1.90. The summed E-state index contributed by atoms with van der Waals surface area (Å²) >= 11 is 1.54. The zero-order valence-electron chi connectivity index (χ0n) is 9.64. The second-order valence-corrected chi connectivity index (χ2v) is 3.91. The second kappa shape index (κ2) is 6.32. The van der Waals surface area contributed by atoms with Crippen molar-refractivity contribution < 1.29 is 9.53 Å². The number of carbonyl (C=O) groups excluding carboxylic acids is 1. The molecule has 1 aromatic rings. The SMILES string of the molecule is CCOC(=O)CN(C)c1cc(SC)ncn1. The van der Waals surface area contributed by atoms with Crippen molar-refractivity contribution in [3.05, 3.63) is 12.4 Å². The van der Waals surface area contributed by atoms with Crippen LogP contribution in [0, 0.1) is 0 Å². The molecule has 1 aromatic heterocycles. The predicted molar refractivity (Wildman–Crippen MR) is 63.7 cm³/mol. The van der Waals surface area contributed by atoms with Crippen molar-refractivity contribution in [1.82, 2.24) is 9.97 Å². The average molecular weight is 241 g/mol. The van der Waals surface area contributed by atoms with Gasteiger partial charge in [-0.25, -0.2) is 9.97 Å². The van der Waals surface area contributed by atoms with E-state index in [-0.39, 0.29) is 12.5 Å². The summed E-state index contributed by atoms with van der Waals surface area (Å²) in [5.74, 6) is 0.460. The van der Waals surface area contributed by atoms with Crippen LogP contribution in [0.4, 0.5) is 5.82 Å². The van der Waals surface area contributed by atoms with E-state index in [1.807, 2.05) is 12.3 Å². The number of ether oxygens (including phenoxy) is 1. The number of aromatic nitrogens is 2. The zero-order chi connectivity index (χ0) is 12.0. The largest absolute Gasteiger partial charge is 0.465 e. The molecule has 6 heteroatoms. The summed E-state index contributed by atoms with van der Waals surface area (Å²) in [4.78, 5) is 21.2. The second-order valence-electron chi connectivity index (χ2n) is 3.08. The predicted octanol–water partition coefficient (Wildman–Crippen LogP) is 1.20. The van der Waals surface area contributed by atoms with Crippen molar-refractivity contribution in [3.63, 3.8) is 0 Å². The fraction of sp³-hybridized carbons (Fsp3) is 0.500. The minimum Gasteiger partial charge on any atom is -0.465 e. The van der Waals surface area contributed by atoms with Crippen LogP contribution >= 0.6 is 11.8 Å². The summed E-state index contributed by atoms with van der Waals surface area (Å²) in [5.41, 5.74) is 0. The molecule has 0 radical (unpaired) electrons. The van der Waals surface area contributed by atoms with E-state index in [0.717, 1.165) is 5.03 Å². The molecule has 0 bridgehead atoms. The van der Waals surface area contributed by atoms with Crippen molar-refractivity contribution in [2.45, 2.75) is 11.9 Å². The highest BCUT2D eigenvalue weighted by molar-refractivity contribution is 7.98. The fourth-order valence-corrected chi connectivity index (χ4v) is 1.51. The lowest BCUT2D eigenvalue weighted by molar-refractivity contribution is -0.141. The van der Waals surface area contributed by atoms with Gasteiger partial charge in [0, 0.05) is 13.1 Å². The Labute approximate surface area is 99.2 Å². The van der Waals surface area contributed by atoms with Crippen LogP contribution in [0.15, 0.2) is 17.4 Å². The lowest BCUT2D eigenvalue weighted by atomic mass is 10.5. The van der Waals surface area contributed by atoms with Crippen LogP contribution in [0.3, 0.4) is 0 Å². The molecule has 0 atom stereocenters. The molecule has 5 nitrogen and oxygen atoms in total. The van der Waals surface area contributed by atoms with Gasteiger partial charge in [0.2, 0.25) is 0 Å². The molecule has 0 aliphatic carbocycles. The van der Waals surface area contributed by atoms with Crippen LogP contribution in [0.5, 0.6) is 0 Å². The summed E-state index contributed by atoms with van der Waals surface area (Å²) in [5, 5.41) is 0.876. The minimum atomic E-state index is -0.255. The number of thioether (sulfide) groups is 1. The Balaban J connectivity index is 2.64. The third-order valence-corrected chi connectivity index (χ3v) is 2.54. The van der Waals surface area contributed by atoms with Gasteiger partial charge in [0.25, 0.3) is 0 Å². The number of hydrogen-bond donors (Lipinski definition) is 0. The Kier molecular flexibility index (Phi) is 5.04. The fourth-order valence-electron chi connectivity index (χ4n) is 1.13. The van der Waals surface area contributed by atoms with E-state index in [9.17, 15) is 4.79 Å². The minimum absolute atomic E-state index is 0.193. The van der Waals surface area contributed by atoms with Crippen molar-refractivity contribution in [1.29, 1.82) is 0 Å². The molecule has 0 saturated heterocycles. The van der Waals surface area contributed by atoms with Gasteiger partial charge in [-0.3, -0.25) is 4.79 Å². The van der Waals surface area contributed by atoms with E-state index in [4.69, 9.17) is 4.74 Å². The Morgan fingerprint density at radius 2 is 2.31 bits per heavy atom. The van der Waals surface area contributed by atoms with Crippen molar-refractivity contribution in [2.75, 3.05) is 31.4 Å². The van der Waals surface area contributed by atoms with E-state index in [1.54, 1.807) is 18.9 Å². The smallest absolute Gasteiger partial charge is 0.325 e. The zero-order valence-corrected chi connectivity index (χ0v) is 10.5. The molecule has 0 aliphatic heterocycles. The van der Waals surface area contributed by atoms with Gasteiger partial charge in [-0.15, -0.1) is 11.8 Å². The van der Waals surface area contributed by atoms with Gasteiger partial charge in [-0.05, 0) is 13.2 Å². The molecular formula is C10H15N3O2S. The molecule has 1 heterocycles. The lowest BCUT2D eigenvalue weighted by Crippen LogP contribution is -2.27. The van der Waals surface area contributed by atoms with E-state index in [2.05, 4.69) is 9.97 Å². The molecule has 0 spiro atoms. The van der Waals surface area contributed by atoms with Gasteiger partial charge < -0.3 is 9.64 Å². The first-order chi connectivity index (χ1) is 7.67. The molecule has 88 valence electrons. The number of rotatable bonds is 5. The van der Waals surface area contributed by atoms with Gasteiger partial charge in [0.05, 0.1) is 6.61 Å². The van der Waals surface area contributed by atoms with E-state index >= 15 is 0 Å². The number of anilines is 1. The van der Waals surface area contributed by atoms with Gasteiger partial charge in [0.15, 0.2) is 0 Å². The van der Waals surface area contributed by atoms with Crippen molar-refractivity contribution in [3.8, 4) is 0 Å². The van der Waals surface area contributed by atoms with E-state index < -0.39 is 0 Å². The molecule has 0 unspecified atom stereocenters. The standard InChI is InChI=1S/C10H15N3O2S/c1-4-15-10(14)6-13(2)8-5-9(16-3)12-7-11-8/h5,7H,4,6H2,1-3H3. The maximum absolute atomic E-state index is 11.3. The highest BCUT2D eigenvalue weighted by Crippen LogP contribution is 2.15. The van der Waals surface area contributed by atoms with Crippen LogP contribution in [0.25, 0.3) is 0 Å². The molecule has 16 heavy (non-hydrogen) atoms. The topological polar surface area (TPSA) is 55.3 Å².